The lowest BCUT2D eigenvalue weighted by Gasteiger charge is -2.34. The fourth-order valence-corrected chi connectivity index (χ4v) is 2.79. The Labute approximate surface area is 103 Å². The Morgan fingerprint density at radius 3 is 2.71 bits per heavy atom. The summed E-state index contributed by atoms with van der Waals surface area (Å²) in [6, 6.07) is 2.48. The molecule has 0 spiro atoms. The van der Waals surface area contributed by atoms with Crippen LogP contribution in [0.25, 0.3) is 0 Å². The number of nitrogens with two attached hydrogens (primary N) is 1. The van der Waals surface area contributed by atoms with Gasteiger partial charge in [-0.2, -0.15) is 5.26 Å². The Morgan fingerprint density at radius 2 is 2.24 bits per heavy atom. The first-order valence-electron chi connectivity index (χ1n) is 6.53. The summed E-state index contributed by atoms with van der Waals surface area (Å²) in [6.45, 7) is 2.57. The topological polar surface area (TPSA) is 70.1 Å². The van der Waals surface area contributed by atoms with Crippen LogP contribution in [0.4, 0.5) is 0 Å². The van der Waals surface area contributed by atoms with Gasteiger partial charge in [0.25, 0.3) is 0 Å². The lowest BCUT2D eigenvalue weighted by molar-refractivity contribution is -0.142. The van der Waals surface area contributed by atoms with Crippen LogP contribution in [0, 0.1) is 16.7 Å². The third kappa shape index (κ3) is 2.30. The van der Waals surface area contributed by atoms with Crippen molar-refractivity contribution in [1.82, 2.24) is 4.90 Å². The second kappa shape index (κ2) is 4.66. The molecule has 2 fully saturated rings. The van der Waals surface area contributed by atoms with Gasteiger partial charge in [-0.3, -0.25) is 4.79 Å². The summed E-state index contributed by atoms with van der Waals surface area (Å²) in [4.78, 5) is 14.5. The zero-order valence-corrected chi connectivity index (χ0v) is 10.5. The van der Waals surface area contributed by atoms with Gasteiger partial charge in [0.15, 0.2) is 0 Å². The Balaban J connectivity index is 2.07. The molecule has 4 heteroatoms. The molecule has 17 heavy (non-hydrogen) atoms. The third-order valence-electron chi connectivity index (χ3n) is 4.23. The number of carbonyl (C=O) groups is 1. The normalized spacial score (nSPS) is 32.2. The lowest BCUT2D eigenvalue weighted by atomic mass is 9.83. The van der Waals surface area contributed by atoms with Crippen molar-refractivity contribution in [1.29, 1.82) is 5.26 Å². The van der Waals surface area contributed by atoms with Gasteiger partial charge in [-0.15, -0.1) is 0 Å². The molecule has 2 N–H and O–H groups in total. The van der Waals surface area contributed by atoms with Crippen molar-refractivity contribution in [2.75, 3.05) is 6.54 Å². The van der Waals surface area contributed by atoms with Gasteiger partial charge >= 0.3 is 0 Å². The number of amides is 1. The van der Waals surface area contributed by atoms with E-state index >= 15 is 0 Å². The van der Waals surface area contributed by atoms with Crippen LogP contribution < -0.4 is 5.73 Å². The van der Waals surface area contributed by atoms with Crippen LogP contribution in [0.15, 0.2) is 0 Å². The Kier molecular flexibility index (Phi) is 3.39. The van der Waals surface area contributed by atoms with Crippen molar-refractivity contribution in [3.8, 4) is 6.07 Å². The van der Waals surface area contributed by atoms with Gasteiger partial charge in [-0.1, -0.05) is 6.42 Å². The Bertz CT molecular complexity index is 345. The second-order valence-corrected chi connectivity index (χ2v) is 5.55. The SMILES string of the molecule is CC1(C(=O)N(CCC#N)C2CC2)CCCC1N. The number of rotatable bonds is 4. The van der Waals surface area contributed by atoms with Gasteiger partial charge in [0, 0.05) is 18.6 Å². The van der Waals surface area contributed by atoms with E-state index in [1.54, 1.807) is 0 Å². The van der Waals surface area contributed by atoms with Gasteiger partial charge in [0.1, 0.15) is 0 Å². The molecule has 2 atom stereocenters. The molecule has 2 rings (SSSR count). The number of nitrogens with zero attached hydrogens (tertiary/aromatic N) is 2. The molecular formula is C13H21N3O. The highest BCUT2D eigenvalue weighted by Gasteiger charge is 2.47. The second-order valence-electron chi connectivity index (χ2n) is 5.55. The molecular weight excluding hydrogens is 214 g/mol. The molecule has 0 aliphatic heterocycles. The van der Waals surface area contributed by atoms with Crippen molar-refractivity contribution < 1.29 is 4.79 Å². The quantitative estimate of drug-likeness (QED) is 0.801. The first kappa shape index (κ1) is 12.4. The fourth-order valence-electron chi connectivity index (χ4n) is 2.79. The molecule has 94 valence electrons. The van der Waals surface area contributed by atoms with Crippen molar-refractivity contribution in [2.45, 2.75) is 57.5 Å². The molecule has 4 nitrogen and oxygen atoms in total. The van der Waals surface area contributed by atoms with E-state index in [0.717, 1.165) is 32.1 Å². The van der Waals surface area contributed by atoms with Crippen molar-refractivity contribution >= 4 is 5.91 Å². The highest BCUT2D eigenvalue weighted by atomic mass is 16.2. The van der Waals surface area contributed by atoms with E-state index in [0.29, 0.717) is 19.0 Å². The first-order valence-corrected chi connectivity index (χ1v) is 6.53. The van der Waals surface area contributed by atoms with E-state index < -0.39 is 5.41 Å². The van der Waals surface area contributed by atoms with Gasteiger partial charge in [-0.25, -0.2) is 0 Å². The minimum Gasteiger partial charge on any atom is -0.338 e. The standard InChI is InChI=1S/C13H21N3O/c1-13(7-2-4-11(13)15)12(17)16(9-3-8-14)10-5-6-10/h10-11H,2-7,9,15H2,1H3. The fraction of sp³-hybridized carbons (Fsp3) is 0.846. The zero-order valence-electron chi connectivity index (χ0n) is 10.5. The highest BCUT2D eigenvalue weighted by Crippen LogP contribution is 2.40. The van der Waals surface area contributed by atoms with Crippen molar-refractivity contribution in [3.63, 3.8) is 0 Å². The largest absolute Gasteiger partial charge is 0.338 e. The summed E-state index contributed by atoms with van der Waals surface area (Å²) in [5.74, 6) is 0.181. The molecule has 2 aliphatic rings. The van der Waals surface area contributed by atoms with Crippen LogP contribution in [0.3, 0.4) is 0 Å². The van der Waals surface area contributed by atoms with E-state index in [1.807, 2.05) is 11.8 Å². The first-order chi connectivity index (χ1) is 8.09. The molecule has 0 bridgehead atoms. The predicted molar refractivity (Wildman–Crippen MR) is 64.9 cm³/mol. The van der Waals surface area contributed by atoms with Gasteiger partial charge in [0.2, 0.25) is 5.91 Å². The van der Waals surface area contributed by atoms with E-state index in [-0.39, 0.29) is 11.9 Å². The average Bonchev–Trinajstić information content (AvgIpc) is 3.08. The number of hydrogen-bond donors (Lipinski definition) is 1. The number of nitriles is 1. The van der Waals surface area contributed by atoms with E-state index in [1.165, 1.54) is 0 Å². The van der Waals surface area contributed by atoms with Crippen LogP contribution in [-0.4, -0.2) is 29.4 Å². The Morgan fingerprint density at radius 1 is 1.53 bits per heavy atom. The summed E-state index contributed by atoms with van der Waals surface area (Å²) in [5.41, 5.74) is 5.70. The van der Waals surface area contributed by atoms with Crippen LogP contribution >= 0.6 is 0 Å². The summed E-state index contributed by atoms with van der Waals surface area (Å²) in [5, 5.41) is 8.67. The van der Waals surface area contributed by atoms with Crippen LogP contribution in [0.5, 0.6) is 0 Å². The van der Waals surface area contributed by atoms with Crippen LogP contribution in [0.1, 0.15) is 45.4 Å². The molecule has 2 aliphatic carbocycles. The number of hydrogen-bond acceptors (Lipinski definition) is 3. The molecule has 0 radical (unpaired) electrons. The zero-order chi connectivity index (χ0) is 12.5. The maximum Gasteiger partial charge on any atom is 0.230 e. The molecule has 0 aromatic heterocycles. The van der Waals surface area contributed by atoms with Crippen LogP contribution in [-0.2, 0) is 4.79 Å². The monoisotopic (exact) mass is 235 g/mol. The minimum atomic E-state index is -0.391. The van der Waals surface area contributed by atoms with Gasteiger partial charge < -0.3 is 10.6 Å². The predicted octanol–water partition coefficient (Wildman–Crippen LogP) is 1.41. The summed E-state index contributed by atoms with van der Waals surface area (Å²) >= 11 is 0. The summed E-state index contributed by atoms with van der Waals surface area (Å²) in [6.07, 6.45) is 5.47. The molecule has 0 heterocycles. The molecule has 0 aromatic carbocycles. The van der Waals surface area contributed by atoms with Crippen LogP contribution in [0.2, 0.25) is 0 Å². The maximum absolute atomic E-state index is 12.6. The molecule has 0 saturated heterocycles. The molecule has 2 unspecified atom stereocenters. The Hall–Kier alpha value is -1.08. The minimum absolute atomic E-state index is 0.0154. The van der Waals surface area contributed by atoms with Gasteiger partial charge in [0.05, 0.1) is 17.9 Å². The summed E-state index contributed by atoms with van der Waals surface area (Å²) in [7, 11) is 0. The van der Waals surface area contributed by atoms with Gasteiger partial charge in [-0.05, 0) is 32.6 Å². The van der Waals surface area contributed by atoms with E-state index in [9.17, 15) is 4.79 Å². The molecule has 2 saturated carbocycles. The van der Waals surface area contributed by atoms with Crippen molar-refractivity contribution in [2.24, 2.45) is 11.1 Å². The highest BCUT2D eigenvalue weighted by molar-refractivity contribution is 5.84. The molecule has 1 amide bonds. The lowest BCUT2D eigenvalue weighted by Crippen LogP contribution is -2.50. The summed E-state index contributed by atoms with van der Waals surface area (Å²) < 4.78 is 0. The third-order valence-corrected chi connectivity index (χ3v) is 4.23. The van der Waals surface area contributed by atoms with Crippen molar-refractivity contribution in [3.05, 3.63) is 0 Å². The smallest absolute Gasteiger partial charge is 0.230 e. The number of carbonyl (C=O) groups excluding carboxylic acids is 1. The van der Waals surface area contributed by atoms with E-state index in [4.69, 9.17) is 11.0 Å². The van der Waals surface area contributed by atoms with E-state index in [2.05, 4.69) is 6.07 Å². The maximum atomic E-state index is 12.6. The average molecular weight is 235 g/mol. The molecule has 0 aromatic rings.